The summed E-state index contributed by atoms with van der Waals surface area (Å²) in [6, 6.07) is 10.6. The highest BCUT2D eigenvalue weighted by atomic mass is 35.5. The fraction of sp³-hybridized carbons (Fsp3) is 0.0714. The zero-order valence-electron chi connectivity index (χ0n) is 10.7. The zero-order valence-corrected chi connectivity index (χ0v) is 11.5. The van der Waals surface area contributed by atoms with E-state index in [1.54, 1.807) is 24.3 Å². The van der Waals surface area contributed by atoms with Crippen molar-refractivity contribution in [1.29, 1.82) is 0 Å². The number of carbonyl (C=O) groups excluding carboxylic acids is 1. The van der Waals surface area contributed by atoms with Crippen LogP contribution in [0.15, 0.2) is 42.5 Å². The standard InChI is InChI=1S/C14H11ClN2O4/c15-10-5-2-1-4-9(10)8-13(19)16-14-11(17(20)21)6-3-7-12(14)18/h1-7,18H,8H2,(H,16,19). The maximum atomic E-state index is 12.0. The van der Waals surface area contributed by atoms with Crippen molar-refractivity contribution in [3.8, 4) is 5.75 Å². The molecule has 0 bridgehead atoms. The lowest BCUT2D eigenvalue weighted by Gasteiger charge is -2.08. The Morgan fingerprint density at radius 1 is 1.24 bits per heavy atom. The van der Waals surface area contributed by atoms with Crippen molar-refractivity contribution in [2.75, 3.05) is 5.32 Å². The van der Waals surface area contributed by atoms with E-state index in [-0.39, 0.29) is 23.5 Å². The number of nitrogens with zero attached hydrogens (tertiary/aromatic N) is 1. The molecule has 1 amide bonds. The summed E-state index contributed by atoms with van der Waals surface area (Å²) in [7, 11) is 0. The van der Waals surface area contributed by atoms with Crippen LogP contribution in [0.25, 0.3) is 0 Å². The molecule has 0 aromatic heterocycles. The SMILES string of the molecule is O=C(Cc1ccccc1Cl)Nc1c(O)cccc1[N+](=O)[O-]. The molecule has 2 aromatic carbocycles. The third-order valence-electron chi connectivity index (χ3n) is 2.79. The van der Waals surface area contributed by atoms with Gasteiger partial charge in [0.2, 0.25) is 5.91 Å². The highest BCUT2D eigenvalue weighted by Crippen LogP contribution is 2.33. The summed E-state index contributed by atoms with van der Waals surface area (Å²) in [4.78, 5) is 22.2. The number of hydrogen-bond acceptors (Lipinski definition) is 4. The number of phenolic OH excluding ortho intramolecular Hbond substituents is 1. The van der Waals surface area contributed by atoms with Crippen molar-refractivity contribution in [1.82, 2.24) is 0 Å². The Balaban J connectivity index is 2.21. The highest BCUT2D eigenvalue weighted by molar-refractivity contribution is 6.31. The number of nitro groups is 1. The Labute approximate surface area is 125 Å². The molecule has 6 nitrogen and oxygen atoms in total. The Kier molecular flexibility index (Phi) is 4.39. The van der Waals surface area contributed by atoms with Crippen LogP contribution in [0.2, 0.25) is 5.02 Å². The molecule has 2 rings (SSSR count). The fourth-order valence-electron chi connectivity index (χ4n) is 1.81. The van der Waals surface area contributed by atoms with E-state index in [1.165, 1.54) is 18.2 Å². The number of phenols is 1. The van der Waals surface area contributed by atoms with Gasteiger partial charge in [-0.2, -0.15) is 0 Å². The van der Waals surface area contributed by atoms with Gasteiger partial charge in [0.1, 0.15) is 5.75 Å². The van der Waals surface area contributed by atoms with Gasteiger partial charge in [-0.15, -0.1) is 0 Å². The van der Waals surface area contributed by atoms with Crippen LogP contribution >= 0.6 is 11.6 Å². The fourth-order valence-corrected chi connectivity index (χ4v) is 2.01. The Hall–Kier alpha value is -2.60. The first kappa shape index (κ1) is 14.8. The topological polar surface area (TPSA) is 92.5 Å². The number of benzene rings is 2. The van der Waals surface area contributed by atoms with Crippen molar-refractivity contribution in [3.63, 3.8) is 0 Å². The van der Waals surface area contributed by atoms with Gasteiger partial charge in [-0.05, 0) is 17.7 Å². The molecule has 0 radical (unpaired) electrons. The average molecular weight is 307 g/mol. The molecule has 7 heteroatoms. The summed E-state index contributed by atoms with van der Waals surface area (Å²) >= 11 is 5.95. The average Bonchev–Trinajstić information content (AvgIpc) is 2.43. The number of nitro benzene ring substituents is 1. The zero-order chi connectivity index (χ0) is 15.4. The molecule has 2 N–H and O–H groups in total. The third kappa shape index (κ3) is 3.49. The van der Waals surface area contributed by atoms with E-state index in [9.17, 15) is 20.0 Å². The number of amides is 1. The minimum absolute atomic E-state index is 0.0504. The molecule has 0 heterocycles. The van der Waals surface area contributed by atoms with Crippen LogP contribution in [0, 0.1) is 10.1 Å². The van der Waals surface area contributed by atoms with Crippen LogP contribution in [-0.4, -0.2) is 15.9 Å². The van der Waals surface area contributed by atoms with E-state index in [0.717, 1.165) is 0 Å². The normalized spacial score (nSPS) is 10.1. The van der Waals surface area contributed by atoms with Crippen molar-refractivity contribution < 1.29 is 14.8 Å². The van der Waals surface area contributed by atoms with Crippen LogP contribution in [-0.2, 0) is 11.2 Å². The summed E-state index contributed by atoms with van der Waals surface area (Å²) in [5.74, 6) is -0.871. The molecule has 0 atom stereocenters. The summed E-state index contributed by atoms with van der Waals surface area (Å²) < 4.78 is 0. The minimum Gasteiger partial charge on any atom is -0.505 e. The Bertz CT molecular complexity index is 703. The lowest BCUT2D eigenvalue weighted by atomic mass is 10.1. The number of halogens is 1. The Morgan fingerprint density at radius 2 is 1.95 bits per heavy atom. The van der Waals surface area contributed by atoms with Crippen molar-refractivity contribution in [2.24, 2.45) is 0 Å². The largest absolute Gasteiger partial charge is 0.505 e. The predicted molar refractivity (Wildman–Crippen MR) is 78.5 cm³/mol. The van der Waals surface area contributed by atoms with E-state index >= 15 is 0 Å². The Morgan fingerprint density at radius 3 is 2.62 bits per heavy atom. The molecule has 2 aromatic rings. The quantitative estimate of drug-likeness (QED) is 0.515. The second kappa shape index (κ2) is 6.23. The molecule has 0 fully saturated rings. The molecular weight excluding hydrogens is 296 g/mol. The molecular formula is C14H11ClN2O4. The van der Waals surface area contributed by atoms with Crippen LogP contribution in [0.5, 0.6) is 5.75 Å². The van der Waals surface area contributed by atoms with E-state index in [2.05, 4.69) is 5.32 Å². The van der Waals surface area contributed by atoms with Gasteiger partial charge >= 0.3 is 0 Å². The molecule has 0 saturated carbocycles. The molecule has 0 spiro atoms. The van der Waals surface area contributed by atoms with E-state index in [1.807, 2.05) is 0 Å². The molecule has 21 heavy (non-hydrogen) atoms. The number of aromatic hydroxyl groups is 1. The first-order chi connectivity index (χ1) is 9.99. The smallest absolute Gasteiger partial charge is 0.296 e. The number of nitrogens with one attached hydrogen (secondary N) is 1. The van der Waals surface area contributed by atoms with Gasteiger partial charge in [0.15, 0.2) is 5.69 Å². The number of para-hydroxylation sites is 1. The van der Waals surface area contributed by atoms with Gasteiger partial charge in [0.25, 0.3) is 5.69 Å². The third-order valence-corrected chi connectivity index (χ3v) is 3.16. The maximum absolute atomic E-state index is 12.0. The number of hydrogen-bond donors (Lipinski definition) is 2. The van der Waals surface area contributed by atoms with Gasteiger partial charge in [-0.25, -0.2) is 0 Å². The molecule has 0 aliphatic heterocycles. The first-order valence-corrected chi connectivity index (χ1v) is 6.36. The van der Waals surface area contributed by atoms with E-state index < -0.39 is 10.8 Å². The van der Waals surface area contributed by atoms with Crippen LogP contribution < -0.4 is 5.32 Å². The van der Waals surface area contributed by atoms with Gasteiger partial charge in [-0.3, -0.25) is 14.9 Å². The molecule has 0 aliphatic carbocycles. The molecule has 0 saturated heterocycles. The van der Waals surface area contributed by atoms with Crippen LogP contribution in [0.1, 0.15) is 5.56 Å². The summed E-state index contributed by atoms with van der Waals surface area (Å²) in [5, 5.41) is 23.3. The highest BCUT2D eigenvalue weighted by Gasteiger charge is 2.19. The van der Waals surface area contributed by atoms with Crippen LogP contribution in [0.4, 0.5) is 11.4 Å². The second-order valence-electron chi connectivity index (χ2n) is 4.24. The first-order valence-electron chi connectivity index (χ1n) is 5.98. The summed E-state index contributed by atoms with van der Waals surface area (Å²) in [5.41, 5.74) is -0.00296. The van der Waals surface area contributed by atoms with Gasteiger partial charge < -0.3 is 10.4 Å². The number of rotatable bonds is 4. The van der Waals surface area contributed by atoms with Crippen LogP contribution in [0.3, 0.4) is 0 Å². The number of anilines is 1. The van der Waals surface area contributed by atoms with E-state index in [0.29, 0.717) is 10.6 Å². The van der Waals surface area contributed by atoms with Crippen molar-refractivity contribution in [2.45, 2.75) is 6.42 Å². The van der Waals surface area contributed by atoms with Gasteiger partial charge in [0, 0.05) is 11.1 Å². The minimum atomic E-state index is -0.676. The van der Waals surface area contributed by atoms with Gasteiger partial charge in [0.05, 0.1) is 11.3 Å². The molecule has 0 unspecified atom stereocenters. The summed E-state index contributed by atoms with van der Waals surface area (Å²) in [6.07, 6.45) is -0.0504. The number of carbonyl (C=O) groups is 1. The van der Waals surface area contributed by atoms with Crippen molar-refractivity contribution in [3.05, 3.63) is 63.2 Å². The van der Waals surface area contributed by atoms with Gasteiger partial charge in [-0.1, -0.05) is 35.9 Å². The van der Waals surface area contributed by atoms with E-state index in [4.69, 9.17) is 11.6 Å². The monoisotopic (exact) mass is 306 g/mol. The summed E-state index contributed by atoms with van der Waals surface area (Å²) in [6.45, 7) is 0. The molecule has 0 aliphatic rings. The predicted octanol–water partition coefficient (Wildman–Crippen LogP) is 3.14. The molecule has 108 valence electrons. The maximum Gasteiger partial charge on any atom is 0.296 e. The second-order valence-corrected chi connectivity index (χ2v) is 4.65. The lowest BCUT2D eigenvalue weighted by molar-refractivity contribution is -0.384. The van der Waals surface area contributed by atoms with Crippen molar-refractivity contribution >= 4 is 28.9 Å². The lowest BCUT2D eigenvalue weighted by Crippen LogP contribution is -2.15.